The first kappa shape index (κ1) is 19.4. The molecule has 4 heteroatoms. The minimum atomic E-state index is 0.195. The molecule has 3 aliphatic rings. The summed E-state index contributed by atoms with van der Waals surface area (Å²) in [6, 6.07) is 10.5. The Morgan fingerprint density at radius 2 is 1.86 bits per heavy atom. The molecule has 4 rings (SSSR count). The summed E-state index contributed by atoms with van der Waals surface area (Å²) in [7, 11) is 0. The van der Waals surface area contributed by atoms with Gasteiger partial charge >= 0.3 is 0 Å². The van der Waals surface area contributed by atoms with Gasteiger partial charge in [-0.2, -0.15) is 0 Å². The highest BCUT2D eigenvalue weighted by molar-refractivity contribution is 8.03. The van der Waals surface area contributed by atoms with Gasteiger partial charge < -0.3 is 9.80 Å². The van der Waals surface area contributed by atoms with E-state index >= 15 is 0 Å². The Morgan fingerprint density at radius 1 is 1.14 bits per heavy atom. The SMILES string of the molecule is C=C(CSC1=C(C)CCC=C1)N1CCN(C(=O)[C@@H]2C[C@H]2c2ccccc2)CC1. The van der Waals surface area contributed by atoms with Crippen LogP contribution in [0, 0.1) is 5.92 Å². The summed E-state index contributed by atoms with van der Waals surface area (Å²) in [5, 5.41) is 0. The van der Waals surface area contributed by atoms with Crippen LogP contribution in [0.15, 0.2) is 65.2 Å². The van der Waals surface area contributed by atoms with Crippen LogP contribution in [0.3, 0.4) is 0 Å². The van der Waals surface area contributed by atoms with Crippen LogP contribution >= 0.6 is 11.8 Å². The molecule has 3 nitrogen and oxygen atoms in total. The van der Waals surface area contributed by atoms with Crippen molar-refractivity contribution >= 4 is 17.7 Å². The van der Waals surface area contributed by atoms with Crippen molar-refractivity contribution in [1.82, 2.24) is 9.80 Å². The lowest BCUT2D eigenvalue weighted by molar-refractivity contribution is -0.134. The molecule has 0 radical (unpaired) electrons. The van der Waals surface area contributed by atoms with Crippen molar-refractivity contribution in [2.24, 2.45) is 5.92 Å². The van der Waals surface area contributed by atoms with Crippen molar-refractivity contribution in [3.63, 3.8) is 0 Å². The molecule has 28 heavy (non-hydrogen) atoms. The number of allylic oxidation sites excluding steroid dienone is 3. The number of benzene rings is 1. The molecule has 2 fully saturated rings. The summed E-state index contributed by atoms with van der Waals surface area (Å²) in [4.78, 5) is 18.7. The molecular weight excluding hydrogens is 364 g/mol. The zero-order valence-corrected chi connectivity index (χ0v) is 17.6. The van der Waals surface area contributed by atoms with E-state index in [4.69, 9.17) is 0 Å². The molecule has 1 saturated heterocycles. The fourth-order valence-corrected chi connectivity index (χ4v) is 5.24. The minimum Gasteiger partial charge on any atom is -0.371 e. The zero-order chi connectivity index (χ0) is 19.5. The van der Waals surface area contributed by atoms with Gasteiger partial charge in [0.2, 0.25) is 5.91 Å². The van der Waals surface area contributed by atoms with Gasteiger partial charge in [0.25, 0.3) is 0 Å². The van der Waals surface area contributed by atoms with Crippen LogP contribution in [0.5, 0.6) is 0 Å². The van der Waals surface area contributed by atoms with Crippen molar-refractivity contribution in [3.05, 3.63) is 70.8 Å². The van der Waals surface area contributed by atoms with Gasteiger partial charge in [-0.05, 0) is 37.7 Å². The van der Waals surface area contributed by atoms with Gasteiger partial charge in [0.15, 0.2) is 0 Å². The lowest BCUT2D eigenvalue weighted by Gasteiger charge is -2.37. The molecule has 1 amide bonds. The molecular formula is C24H30N2OS. The van der Waals surface area contributed by atoms with Gasteiger partial charge in [0, 0.05) is 48.5 Å². The Bertz CT molecular complexity index is 790. The molecule has 0 N–H and O–H groups in total. The Labute approximate surface area is 173 Å². The van der Waals surface area contributed by atoms with Gasteiger partial charge in [-0.1, -0.05) is 54.6 Å². The number of piperazine rings is 1. The van der Waals surface area contributed by atoms with E-state index in [9.17, 15) is 4.79 Å². The second-order valence-electron chi connectivity index (χ2n) is 8.11. The Morgan fingerprint density at radius 3 is 2.57 bits per heavy atom. The third kappa shape index (κ3) is 4.38. The number of amides is 1. The van der Waals surface area contributed by atoms with E-state index in [1.54, 1.807) is 0 Å². The number of hydrogen-bond donors (Lipinski definition) is 0. The van der Waals surface area contributed by atoms with Crippen molar-refractivity contribution in [2.75, 3.05) is 31.9 Å². The lowest BCUT2D eigenvalue weighted by atomic mass is 10.1. The lowest BCUT2D eigenvalue weighted by Crippen LogP contribution is -2.48. The summed E-state index contributed by atoms with van der Waals surface area (Å²) in [6.45, 7) is 10.00. The molecule has 1 aliphatic heterocycles. The number of rotatable bonds is 6. The topological polar surface area (TPSA) is 23.6 Å². The normalized spacial score (nSPS) is 24.5. The molecule has 1 heterocycles. The van der Waals surface area contributed by atoms with Crippen LogP contribution in [0.4, 0.5) is 0 Å². The molecule has 0 aromatic heterocycles. The van der Waals surface area contributed by atoms with Gasteiger partial charge in [0.1, 0.15) is 0 Å². The number of carbonyl (C=O) groups is 1. The molecule has 1 aromatic rings. The number of carbonyl (C=O) groups excluding carboxylic acids is 1. The van der Waals surface area contributed by atoms with E-state index in [2.05, 4.69) is 59.7 Å². The highest BCUT2D eigenvalue weighted by Crippen LogP contribution is 2.48. The monoisotopic (exact) mass is 394 g/mol. The van der Waals surface area contributed by atoms with Crippen molar-refractivity contribution in [1.29, 1.82) is 0 Å². The van der Waals surface area contributed by atoms with E-state index in [-0.39, 0.29) is 5.92 Å². The van der Waals surface area contributed by atoms with E-state index in [0.717, 1.165) is 38.4 Å². The first-order chi connectivity index (χ1) is 13.6. The molecule has 0 spiro atoms. The van der Waals surface area contributed by atoms with Crippen molar-refractivity contribution in [2.45, 2.75) is 32.1 Å². The molecule has 2 atom stereocenters. The van der Waals surface area contributed by atoms with Gasteiger partial charge in [-0.3, -0.25) is 4.79 Å². The fourth-order valence-electron chi connectivity index (χ4n) is 4.19. The largest absolute Gasteiger partial charge is 0.371 e. The third-order valence-electron chi connectivity index (χ3n) is 6.14. The van der Waals surface area contributed by atoms with Gasteiger partial charge in [0.05, 0.1) is 0 Å². The van der Waals surface area contributed by atoms with Gasteiger partial charge in [-0.15, -0.1) is 11.8 Å². The maximum absolute atomic E-state index is 12.9. The van der Waals surface area contributed by atoms with E-state index in [0.29, 0.717) is 11.8 Å². The summed E-state index contributed by atoms with van der Waals surface area (Å²) < 4.78 is 0. The van der Waals surface area contributed by atoms with Crippen LogP contribution in [-0.2, 0) is 4.79 Å². The number of thioether (sulfide) groups is 1. The van der Waals surface area contributed by atoms with E-state index in [1.165, 1.54) is 34.6 Å². The first-order valence-corrected chi connectivity index (χ1v) is 11.4. The van der Waals surface area contributed by atoms with Crippen LogP contribution < -0.4 is 0 Å². The van der Waals surface area contributed by atoms with Crippen LogP contribution in [-0.4, -0.2) is 47.6 Å². The molecule has 1 saturated carbocycles. The standard InChI is InChI=1S/C24H30N2OS/c1-18-8-6-7-11-23(18)28-17-19(2)25-12-14-26(15-13-25)24(27)22-16-21(22)20-9-4-3-5-10-20/h3-5,7,9-11,21-22H,2,6,8,12-17H2,1H3/t21-,22+/m0/s1. The number of nitrogens with zero attached hydrogens (tertiary/aromatic N) is 2. The zero-order valence-electron chi connectivity index (χ0n) is 16.8. The Balaban J connectivity index is 1.23. The van der Waals surface area contributed by atoms with Crippen LogP contribution in [0.2, 0.25) is 0 Å². The van der Waals surface area contributed by atoms with Crippen molar-refractivity contribution < 1.29 is 4.79 Å². The van der Waals surface area contributed by atoms with E-state index < -0.39 is 0 Å². The molecule has 2 aliphatic carbocycles. The Hall–Kier alpha value is -1.94. The molecule has 0 unspecified atom stereocenters. The van der Waals surface area contributed by atoms with Crippen molar-refractivity contribution in [3.8, 4) is 0 Å². The average Bonchev–Trinajstić information content (AvgIpc) is 3.54. The maximum Gasteiger partial charge on any atom is 0.226 e. The maximum atomic E-state index is 12.9. The van der Waals surface area contributed by atoms with Gasteiger partial charge in [-0.25, -0.2) is 0 Å². The highest BCUT2D eigenvalue weighted by atomic mass is 32.2. The third-order valence-corrected chi connectivity index (χ3v) is 7.42. The smallest absolute Gasteiger partial charge is 0.226 e. The second-order valence-corrected chi connectivity index (χ2v) is 9.13. The average molecular weight is 395 g/mol. The molecule has 1 aromatic carbocycles. The fraction of sp³-hybridized carbons (Fsp3) is 0.458. The predicted octanol–water partition coefficient (Wildman–Crippen LogP) is 4.81. The Kier molecular flexibility index (Phi) is 5.96. The minimum absolute atomic E-state index is 0.195. The summed E-state index contributed by atoms with van der Waals surface area (Å²) in [5.74, 6) is 1.91. The molecule has 0 bridgehead atoms. The summed E-state index contributed by atoms with van der Waals surface area (Å²) >= 11 is 1.90. The predicted molar refractivity (Wildman–Crippen MR) is 118 cm³/mol. The van der Waals surface area contributed by atoms with Crippen LogP contribution in [0.1, 0.15) is 37.7 Å². The van der Waals surface area contributed by atoms with Crippen LogP contribution in [0.25, 0.3) is 0 Å². The second kappa shape index (κ2) is 8.60. The number of hydrogen-bond acceptors (Lipinski definition) is 3. The van der Waals surface area contributed by atoms with E-state index in [1.807, 2.05) is 17.8 Å². The summed E-state index contributed by atoms with van der Waals surface area (Å²) in [5.41, 5.74) is 3.99. The highest BCUT2D eigenvalue weighted by Gasteiger charge is 2.45. The molecule has 148 valence electrons. The quantitative estimate of drug-likeness (QED) is 0.692. The summed E-state index contributed by atoms with van der Waals surface area (Å²) in [6.07, 6.45) is 7.87. The first-order valence-electron chi connectivity index (χ1n) is 10.4.